The van der Waals surface area contributed by atoms with Crippen molar-refractivity contribution in [3.05, 3.63) is 24.0 Å². The van der Waals surface area contributed by atoms with Crippen molar-refractivity contribution in [1.29, 1.82) is 0 Å². The zero-order valence-electron chi connectivity index (χ0n) is 11.9. The largest absolute Gasteiger partial charge is 0.387 e. The highest BCUT2D eigenvalue weighted by molar-refractivity contribution is 5.99. The van der Waals surface area contributed by atoms with Gasteiger partial charge in [0.1, 0.15) is 0 Å². The number of likely N-dealkylation sites (tertiary alicyclic amines) is 1. The van der Waals surface area contributed by atoms with Crippen molar-refractivity contribution in [2.24, 2.45) is 0 Å². The van der Waals surface area contributed by atoms with Crippen LogP contribution >= 0.6 is 0 Å². The lowest BCUT2D eigenvalue weighted by Gasteiger charge is -2.35. The molecule has 0 atom stereocenters. The second-order valence-corrected chi connectivity index (χ2v) is 5.16. The lowest BCUT2D eigenvalue weighted by molar-refractivity contribution is 0.0664. The molecule has 5 nitrogen and oxygen atoms in total. The second-order valence-electron chi connectivity index (χ2n) is 5.16. The lowest BCUT2D eigenvalue weighted by Crippen LogP contribution is -2.44. The van der Waals surface area contributed by atoms with Crippen LogP contribution < -0.4 is 5.32 Å². The molecule has 1 N–H and O–H groups in total. The first kappa shape index (κ1) is 13.8. The van der Waals surface area contributed by atoms with Crippen LogP contribution in [0.5, 0.6) is 0 Å². The molecule has 2 heterocycles. The van der Waals surface area contributed by atoms with Crippen molar-refractivity contribution in [3.63, 3.8) is 0 Å². The number of carbonyl (C=O) groups is 1. The van der Waals surface area contributed by atoms with E-state index in [0.717, 1.165) is 31.6 Å². The van der Waals surface area contributed by atoms with Gasteiger partial charge in [0.2, 0.25) is 0 Å². The molecule has 1 amide bonds. The monoisotopic (exact) mass is 262 g/mol. The van der Waals surface area contributed by atoms with Gasteiger partial charge in [-0.25, -0.2) is 0 Å². The molecular weight excluding hydrogens is 240 g/mol. The fraction of sp³-hybridized carbons (Fsp3) is 0.571. The van der Waals surface area contributed by atoms with Crippen LogP contribution in [-0.2, 0) is 0 Å². The fourth-order valence-electron chi connectivity index (χ4n) is 2.54. The Morgan fingerprint density at radius 3 is 2.68 bits per heavy atom. The number of hydrogen-bond acceptors (Lipinski definition) is 4. The molecule has 0 aliphatic carbocycles. The van der Waals surface area contributed by atoms with E-state index < -0.39 is 0 Å². The Bertz CT molecular complexity index is 439. The number of nitrogens with zero attached hydrogens (tertiary/aromatic N) is 3. The molecule has 0 bridgehead atoms. The molecule has 1 aliphatic heterocycles. The van der Waals surface area contributed by atoms with Crippen LogP contribution in [0.25, 0.3) is 0 Å². The zero-order valence-corrected chi connectivity index (χ0v) is 11.9. The lowest BCUT2D eigenvalue weighted by atomic mass is 10.0. The molecule has 1 aliphatic rings. The summed E-state index contributed by atoms with van der Waals surface area (Å²) >= 11 is 0. The minimum atomic E-state index is 0.0784. The standard InChI is InChI=1S/C14H22N4O/c1-15-13-4-7-16-10-12(13)14(19)18-8-5-11(6-9-18)17(2)3/h4,7,10-11H,5-6,8-9H2,1-3H3,(H,15,16). The van der Waals surface area contributed by atoms with E-state index >= 15 is 0 Å². The maximum atomic E-state index is 12.5. The summed E-state index contributed by atoms with van der Waals surface area (Å²) in [5.74, 6) is 0.0784. The number of amides is 1. The SMILES string of the molecule is CNc1ccncc1C(=O)N1CCC(N(C)C)CC1. The van der Waals surface area contributed by atoms with Crippen molar-refractivity contribution in [2.45, 2.75) is 18.9 Å². The molecular formula is C14H22N4O. The van der Waals surface area contributed by atoms with Gasteiger partial charge in [-0.1, -0.05) is 0 Å². The Kier molecular flexibility index (Phi) is 4.37. The van der Waals surface area contributed by atoms with Crippen LogP contribution in [0.1, 0.15) is 23.2 Å². The van der Waals surface area contributed by atoms with E-state index in [0.29, 0.717) is 11.6 Å². The Hall–Kier alpha value is -1.62. The maximum Gasteiger partial charge on any atom is 0.257 e. The number of anilines is 1. The maximum absolute atomic E-state index is 12.5. The number of carbonyl (C=O) groups excluding carboxylic acids is 1. The van der Waals surface area contributed by atoms with Gasteiger partial charge < -0.3 is 15.1 Å². The molecule has 104 valence electrons. The number of rotatable bonds is 3. The first-order valence-corrected chi connectivity index (χ1v) is 6.71. The van der Waals surface area contributed by atoms with Gasteiger partial charge in [0, 0.05) is 44.3 Å². The van der Waals surface area contributed by atoms with E-state index in [2.05, 4.69) is 29.3 Å². The van der Waals surface area contributed by atoms with Gasteiger partial charge in [0.15, 0.2) is 0 Å². The Morgan fingerprint density at radius 1 is 1.42 bits per heavy atom. The minimum absolute atomic E-state index is 0.0784. The van der Waals surface area contributed by atoms with Gasteiger partial charge in [0.25, 0.3) is 5.91 Å². The first-order valence-electron chi connectivity index (χ1n) is 6.71. The molecule has 0 aromatic carbocycles. The van der Waals surface area contributed by atoms with Gasteiger partial charge in [-0.2, -0.15) is 0 Å². The van der Waals surface area contributed by atoms with Crippen LogP contribution in [0.15, 0.2) is 18.5 Å². The molecule has 1 aromatic heterocycles. The number of hydrogen-bond donors (Lipinski definition) is 1. The highest BCUT2D eigenvalue weighted by atomic mass is 16.2. The number of pyridine rings is 1. The summed E-state index contributed by atoms with van der Waals surface area (Å²) in [6.45, 7) is 1.64. The van der Waals surface area contributed by atoms with Crippen LogP contribution in [0.3, 0.4) is 0 Å². The number of aromatic nitrogens is 1. The Balaban J connectivity index is 2.05. The van der Waals surface area contributed by atoms with E-state index in [-0.39, 0.29) is 5.91 Å². The van der Waals surface area contributed by atoms with Gasteiger partial charge in [0.05, 0.1) is 5.56 Å². The van der Waals surface area contributed by atoms with Crippen molar-refractivity contribution >= 4 is 11.6 Å². The third-order valence-electron chi connectivity index (χ3n) is 3.80. The van der Waals surface area contributed by atoms with Crippen LogP contribution in [0.4, 0.5) is 5.69 Å². The molecule has 0 radical (unpaired) electrons. The van der Waals surface area contributed by atoms with E-state index in [1.165, 1.54) is 0 Å². The van der Waals surface area contributed by atoms with Crippen LogP contribution in [0.2, 0.25) is 0 Å². The third kappa shape index (κ3) is 3.04. The van der Waals surface area contributed by atoms with Gasteiger partial charge in [-0.05, 0) is 33.0 Å². The van der Waals surface area contributed by atoms with Crippen molar-refractivity contribution in [3.8, 4) is 0 Å². The van der Waals surface area contributed by atoms with E-state index in [1.807, 2.05) is 18.0 Å². The molecule has 1 fully saturated rings. The van der Waals surface area contributed by atoms with E-state index in [4.69, 9.17) is 0 Å². The topological polar surface area (TPSA) is 48.5 Å². The molecule has 19 heavy (non-hydrogen) atoms. The van der Waals surface area contributed by atoms with Crippen molar-refractivity contribution < 1.29 is 4.79 Å². The van der Waals surface area contributed by atoms with Crippen molar-refractivity contribution in [2.75, 3.05) is 39.5 Å². The van der Waals surface area contributed by atoms with Gasteiger partial charge in [-0.15, -0.1) is 0 Å². The predicted molar refractivity (Wildman–Crippen MR) is 76.4 cm³/mol. The highest BCUT2D eigenvalue weighted by Crippen LogP contribution is 2.20. The van der Waals surface area contributed by atoms with Gasteiger partial charge in [-0.3, -0.25) is 9.78 Å². The third-order valence-corrected chi connectivity index (χ3v) is 3.80. The quantitative estimate of drug-likeness (QED) is 0.891. The summed E-state index contributed by atoms with van der Waals surface area (Å²) < 4.78 is 0. The number of nitrogens with one attached hydrogen (secondary N) is 1. The summed E-state index contributed by atoms with van der Waals surface area (Å²) in [6, 6.07) is 2.42. The van der Waals surface area contributed by atoms with E-state index in [9.17, 15) is 4.79 Å². The summed E-state index contributed by atoms with van der Waals surface area (Å²) in [5.41, 5.74) is 1.50. The molecule has 5 heteroatoms. The molecule has 0 spiro atoms. The van der Waals surface area contributed by atoms with Crippen LogP contribution in [0, 0.1) is 0 Å². The summed E-state index contributed by atoms with van der Waals surface area (Å²) in [4.78, 5) is 20.7. The highest BCUT2D eigenvalue weighted by Gasteiger charge is 2.25. The Morgan fingerprint density at radius 2 is 2.11 bits per heavy atom. The van der Waals surface area contributed by atoms with E-state index in [1.54, 1.807) is 12.4 Å². The molecule has 0 unspecified atom stereocenters. The Labute approximate surface area is 114 Å². The average molecular weight is 262 g/mol. The summed E-state index contributed by atoms with van der Waals surface area (Å²) in [6.07, 6.45) is 5.41. The zero-order chi connectivity index (χ0) is 13.8. The summed E-state index contributed by atoms with van der Waals surface area (Å²) in [5, 5.41) is 3.05. The predicted octanol–water partition coefficient (Wildman–Crippen LogP) is 1.29. The minimum Gasteiger partial charge on any atom is -0.387 e. The van der Waals surface area contributed by atoms with Crippen LogP contribution in [-0.4, -0.2) is 61.0 Å². The smallest absolute Gasteiger partial charge is 0.257 e. The van der Waals surface area contributed by atoms with Crippen molar-refractivity contribution in [1.82, 2.24) is 14.8 Å². The molecule has 2 rings (SSSR count). The molecule has 1 saturated heterocycles. The molecule has 1 aromatic rings. The normalized spacial score (nSPS) is 16.7. The fourth-order valence-corrected chi connectivity index (χ4v) is 2.54. The molecule has 0 saturated carbocycles. The number of piperidine rings is 1. The first-order chi connectivity index (χ1) is 9.13. The average Bonchev–Trinajstić information content (AvgIpc) is 2.46. The summed E-state index contributed by atoms with van der Waals surface area (Å²) in [7, 11) is 6.02. The van der Waals surface area contributed by atoms with Gasteiger partial charge >= 0.3 is 0 Å². The second kappa shape index (κ2) is 6.02.